The molecule has 0 aromatic rings. The van der Waals surface area contributed by atoms with Gasteiger partial charge in [-0.1, -0.05) is 29.4 Å². The summed E-state index contributed by atoms with van der Waals surface area (Å²) in [6, 6.07) is 0. The van der Waals surface area contributed by atoms with Crippen LogP contribution in [0.1, 0.15) is 80.1 Å². The molecule has 6 nitrogen and oxygen atoms in total. The fourth-order valence-corrected chi connectivity index (χ4v) is 2.77. The van der Waals surface area contributed by atoms with Crippen LogP contribution in [0.4, 0.5) is 0 Å². The predicted molar refractivity (Wildman–Crippen MR) is 127 cm³/mol. The molecule has 180 valence electrons. The molecule has 0 bridgehead atoms. The first kappa shape index (κ1) is 29.4. The van der Waals surface area contributed by atoms with E-state index in [9.17, 15) is 14.4 Å². The minimum atomic E-state index is -0.304. The minimum absolute atomic E-state index is 0.274. The number of hydrogen-bond donors (Lipinski definition) is 0. The van der Waals surface area contributed by atoms with E-state index in [1.807, 2.05) is 13.0 Å². The van der Waals surface area contributed by atoms with Crippen LogP contribution >= 0.6 is 0 Å². The monoisotopic (exact) mass is 448 g/mol. The molecule has 0 unspecified atom stereocenters. The molecule has 0 amide bonds. The summed E-state index contributed by atoms with van der Waals surface area (Å²) in [5.74, 6) is -0.883. The normalized spacial score (nSPS) is 12.2. The minimum Gasteiger partial charge on any atom is -0.462 e. The van der Waals surface area contributed by atoms with E-state index in [1.54, 1.807) is 0 Å². The van der Waals surface area contributed by atoms with Crippen molar-refractivity contribution in [3.63, 3.8) is 0 Å². The first-order valence-electron chi connectivity index (χ1n) is 11.1. The lowest BCUT2D eigenvalue weighted by atomic mass is 10.0. The van der Waals surface area contributed by atoms with E-state index < -0.39 is 0 Å². The molecule has 0 radical (unpaired) electrons. The summed E-state index contributed by atoms with van der Waals surface area (Å²) in [5.41, 5.74) is 4.55. The van der Waals surface area contributed by atoms with Gasteiger partial charge in [-0.2, -0.15) is 0 Å². The van der Waals surface area contributed by atoms with Crippen LogP contribution in [0.15, 0.2) is 46.6 Å². The van der Waals surface area contributed by atoms with Crippen LogP contribution in [-0.2, 0) is 28.6 Å². The molecule has 0 heterocycles. The maximum atomic E-state index is 11.2. The second-order valence-corrected chi connectivity index (χ2v) is 8.04. The third kappa shape index (κ3) is 19.3. The van der Waals surface area contributed by atoms with Gasteiger partial charge in [0.25, 0.3) is 0 Å². The highest BCUT2D eigenvalue weighted by atomic mass is 16.5. The molecule has 0 spiro atoms. The highest BCUT2D eigenvalue weighted by Crippen LogP contribution is 2.15. The van der Waals surface area contributed by atoms with Crippen molar-refractivity contribution in [1.29, 1.82) is 0 Å². The van der Waals surface area contributed by atoms with Gasteiger partial charge in [-0.25, -0.2) is 0 Å². The Morgan fingerprint density at radius 1 is 0.562 bits per heavy atom. The Morgan fingerprint density at radius 3 is 1.44 bits per heavy atom. The number of esters is 3. The average molecular weight is 449 g/mol. The fourth-order valence-electron chi connectivity index (χ4n) is 2.77. The Hall–Kier alpha value is -2.63. The van der Waals surface area contributed by atoms with E-state index in [2.05, 4.69) is 32.1 Å². The van der Waals surface area contributed by atoms with Crippen LogP contribution in [0.3, 0.4) is 0 Å². The first-order chi connectivity index (χ1) is 15.1. The van der Waals surface area contributed by atoms with Gasteiger partial charge in [0, 0.05) is 20.8 Å². The molecule has 0 fully saturated rings. The van der Waals surface area contributed by atoms with Gasteiger partial charge in [-0.3, -0.25) is 14.4 Å². The van der Waals surface area contributed by atoms with E-state index in [1.165, 1.54) is 26.3 Å². The van der Waals surface area contributed by atoms with Gasteiger partial charge < -0.3 is 14.2 Å². The summed E-state index contributed by atoms with van der Waals surface area (Å²) in [7, 11) is 0. The van der Waals surface area contributed by atoms with Gasteiger partial charge in [-0.15, -0.1) is 0 Å². The number of ether oxygens (including phenoxy) is 3. The van der Waals surface area contributed by atoms with Crippen LogP contribution in [0.5, 0.6) is 0 Å². The molecule has 0 N–H and O–H groups in total. The molecule has 32 heavy (non-hydrogen) atoms. The van der Waals surface area contributed by atoms with Gasteiger partial charge in [0.2, 0.25) is 0 Å². The highest BCUT2D eigenvalue weighted by molar-refractivity contribution is 5.66. The van der Waals surface area contributed by atoms with Crippen LogP contribution in [-0.4, -0.2) is 37.7 Å². The largest absolute Gasteiger partial charge is 0.462 e. The van der Waals surface area contributed by atoms with Gasteiger partial charge in [0.15, 0.2) is 0 Å². The Kier molecular flexibility index (Phi) is 16.5. The zero-order valence-electron chi connectivity index (χ0n) is 20.6. The zero-order chi connectivity index (χ0) is 24.4. The molecule has 0 atom stereocenters. The molecular weight excluding hydrogens is 408 g/mol. The predicted octanol–water partition coefficient (Wildman–Crippen LogP) is 5.78. The molecule has 0 aromatic heterocycles. The molecule has 0 saturated heterocycles. The zero-order valence-corrected chi connectivity index (χ0v) is 20.6. The average Bonchev–Trinajstić information content (AvgIpc) is 2.68. The lowest BCUT2D eigenvalue weighted by Gasteiger charge is -2.10. The number of carbonyl (C=O) groups excluding carboxylic acids is 3. The van der Waals surface area contributed by atoms with Gasteiger partial charge in [0.1, 0.15) is 19.8 Å². The van der Waals surface area contributed by atoms with E-state index in [0.717, 1.165) is 55.2 Å². The summed E-state index contributed by atoms with van der Waals surface area (Å²) in [6.45, 7) is 11.2. The third-order valence-corrected chi connectivity index (χ3v) is 4.53. The molecule has 0 aliphatic heterocycles. The summed E-state index contributed by atoms with van der Waals surface area (Å²) in [6.07, 6.45) is 13.2. The van der Waals surface area contributed by atoms with Crippen molar-refractivity contribution in [2.75, 3.05) is 19.8 Å². The Balaban J connectivity index is 4.94. The standard InChI is InChI=1S/C26H40O6/c1-20(2)10-7-12-25(18-31-23(5)28)14-9-15-26(19-32-24(6)29)13-8-11-21(3)16-17-30-22(4)27/h10,13-14,16H,7-9,11-12,15,17-19H2,1-6H3/b21-16+,25-14-,26-13+. The smallest absolute Gasteiger partial charge is 0.302 e. The molecule has 0 aromatic carbocycles. The van der Waals surface area contributed by atoms with Gasteiger partial charge >= 0.3 is 17.9 Å². The van der Waals surface area contributed by atoms with Crippen molar-refractivity contribution in [3.05, 3.63) is 46.6 Å². The van der Waals surface area contributed by atoms with E-state index in [4.69, 9.17) is 14.2 Å². The van der Waals surface area contributed by atoms with Crippen LogP contribution in [0.25, 0.3) is 0 Å². The molecule has 0 rings (SSSR count). The lowest BCUT2D eigenvalue weighted by molar-refractivity contribution is -0.140. The van der Waals surface area contributed by atoms with E-state index >= 15 is 0 Å². The van der Waals surface area contributed by atoms with Gasteiger partial charge in [0.05, 0.1) is 0 Å². The molecule has 0 aliphatic rings. The Morgan fingerprint density at radius 2 is 1.00 bits per heavy atom. The van der Waals surface area contributed by atoms with Crippen molar-refractivity contribution >= 4 is 17.9 Å². The fraction of sp³-hybridized carbons (Fsp3) is 0.577. The first-order valence-corrected chi connectivity index (χ1v) is 11.1. The van der Waals surface area contributed by atoms with Gasteiger partial charge in [-0.05, 0) is 76.5 Å². The summed E-state index contributed by atoms with van der Waals surface area (Å²) in [4.78, 5) is 33.3. The van der Waals surface area contributed by atoms with Crippen molar-refractivity contribution in [2.45, 2.75) is 80.1 Å². The number of rotatable bonds is 15. The summed E-state index contributed by atoms with van der Waals surface area (Å²) in [5, 5.41) is 0. The summed E-state index contributed by atoms with van der Waals surface area (Å²) >= 11 is 0. The topological polar surface area (TPSA) is 78.9 Å². The SMILES string of the molecule is CC(=O)OC/C=C(\C)CC/C=C(\CC/C=C(/CCC=C(C)C)COC(C)=O)COC(C)=O. The number of carbonyl (C=O) groups is 3. The van der Waals surface area contributed by atoms with Crippen molar-refractivity contribution in [2.24, 2.45) is 0 Å². The Labute approximate surface area is 193 Å². The molecule has 6 heteroatoms. The van der Waals surface area contributed by atoms with Crippen molar-refractivity contribution < 1.29 is 28.6 Å². The second-order valence-electron chi connectivity index (χ2n) is 8.04. The molecular formula is C26H40O6. The van der Waals surface area contributed by atoms with E-state index in [0.29, 0.717) is 6.61 Å². The summed E-state index contributed by atoms with van der Waals surface area (Å²) < 4.78 is 15.3. The van der Waals surface area contributed by atoms with E-state index in [-0.39, 0.29) is 31.1 Å². The van der Waals surface area contributed by atoms with Crippen LogP contribution < -0.4 is 0 Å². The van der Waals surface area contributed by atoms with Crippen LogP contribution in [0, 0.1) is 0 Å². The van der Waals surface area contributed by atoms with Crippen molar-refractivity contribution in [3.8, 4) is 0 Å². The highest BCUT2D eigenvalue weighted by Gasteiger charge is 2.04. The maximum Gasteiger partial charge on any atom is 0.302 e. The van der Waals surface area contributed by atoms with Crippen LogP contribution in [0.2, 0.25) is 0 Å². The molecule has 0 saturated carbocycles. The Bertz CT molecular complexity index is 721. The number of hydrogen-bond acceptors (Lipinski definition) is 6. The van der Waals surface area contributed by atoms with Crippen molar-refractivity contribution in [1.82, 2.24) is 0 Å². The third-order valence-electron chi connectivity index (χ3n) is 4.53. The lowest BCUT2D eigenvalue weighted by Crippen LogP contribution is -2.05. The number of allylic oxidation sites excluding steroid dienone is 5. The molecule has 0 aliphatic carbocycles. The maximum absolute atomic E-state index is 11.2. The second kappa shape index (κ2) is 18.0. The quantitative estimate of drug-likeness (QED) is 0.179.